The molecule has 0 aliphatic rings. The maximum absolute atomic E-state index is 11.9. The molecule has 2 rings (SSSR count). The predicted octanol–water partition coefficient (Wildman–Crippen LogP) is 3.22. The Morgan fingerprint density at radius 3 is 2.08 bits per heavy atom. The molecule has 0 aliphatic heterocycles. The van der Waals surface area contributed by atoms with Crippen LogP contribution in [0.2, 0.25) is 0 Å². The number of hydrogen-bond donors (Lipinski definition) is 0. The van der Waals surface area contributed by atoms with Crippen molar-refractivity contribution < 1.29 is 28.6 Å². The minimum Gasteiger partial charge on any atom is -0.496 e. The van der Waals surface area contributed by atoms with Gasteiger partial charge in [0, 0.05) is 16.7 Å². The highest BCUT2D eigenvalue weighted by atomic mass is 16.6. The number of ketones is 2. The quantitative estimate of drug-likeness (QED) is 0.534. The molecule has 2 aromatic rings. The van der Waals surface area contributed by atoms with Crippen LogP contribution < -0.4 is 9.47 Å². The Morgan fingerprint density at radius 2 is 1.50 bits per heavy atom. The summed E-state index contributed by atoms with van der Waals surface area (Å²) < 4.78 is 15.7. The van der Waals surface area contributed by atoms with Gasteiger partial charge in [-0.25, -0.2) is 4.79 Å². The number of benzene rings is 2. The zero-order valence-corrected chi connectivity index (χ0v) is 14.9. The van der Waals surface area contributed by atoms with Gasteiger partial charge in [-0.15, -0.1) is 0 Å². The summed E-state index contributed by atoms with van der Waals surface area (Å²) in [6, 6.07) is 11.4. The number of ether oxygens (including phenoxy) is 3. The minimum absolute atomic E-state index is 0.0320. The van der Waals surface area contributed by atoms with E-state index in [2.05, 4.69) is 0 Å². The average Bonchev–Trinajstić information content (AvgIpc) is 2.64. The lowest BCUT2D eigenvalue weighted by atomic mass is 10.1. The van der Waals surface area contributed by atoms with Gasteiger partial charge in [0.2, 0.25) is 0 Å². The predicted molar refractivity (Wildman–Crippen MR) is 94.7 cm³/mol. The maximum Gasteiger partial charge on any atom is 0.344 e. The Kier molecular flexibility index (Phi) is 6.49. The third-order valence-electron chi connectivity index (χ3n) is 3.69. The Morgan fingerprint density at radius 1 is 0.885 bits per heavy atom. The molecule has 0 amide bonds. The number of esters is 1. The van der Waals surface area contributed by atoms with Crippen LogP contribution in [-0.2, 0) is 16.1 Å². The molecular formula is C20H20O6. The first-order valence-corrected chi connectivity index (χ1v) is 7.98. The van der Waals surface area contributed by atoms with E-state index in [9.17, 15) is 14.4 Å². The van der Waals surface area contributed by atoms with E-state index in [0.717, 1.165) is 0 Å². The van der Waals surface area contributed by atoms with Gasteiger partial charge in [-0.3, -0.25) is 9.59 Å². The van der Waals surface area contributed by atoms with Gasteiger partial charge in [-0.1, -0.05) is 0 Å². The molecule has 6 heteroatoms. The maximum atomic E-state index is 11.9. The lowest BCUT2D eigenvalue weighted by Gasteiger charge is -2.11. The van der Waals surface area contributed by atoms with Crippen molar-refractivity contribution >= 4 is 17.5 Å². The van der Waals surface area contributed by atoms with Crippen LogP contribution in [0, 0.1) is 0 Å². The van der Waals surface area contributed by atoms with E-state index in [4.69, 9.17) is 14.2 Å². The second kappa shape index (κ2) is 8.80. The zero-order chi connectivity index (χ0) is 19.1. The molecule has 2 aromatic carbocycles. The molecule has 6 nitrogen and oxygen atoms in total. The normalized spacial score (nSPS) is 10.1. The molecule has 0 unspecified atom stereocenters. The Bertz CT molecular complexity index is 808. The van der Waals surface area contributed by atoms with Crippen molar-refractivity contribution in [2.45, 2.75) is 20.5 Å². The van der Waals surface area contributed by atoms with Gasteiger partial charge >= 0.3 is 5.97 Å². The van der Waals surface area contributed by atoms with Gasteiger partial charge < -0.3 is 14.2 Å². The second-order valence-electron chi connectivity index (χ2n) is 5.61. The van der Waals surface area contributed by atoms with Gasteiger partial charge in [0.05, 0.1) is 7.11 Å². The van der Waals surface area contributed by atoms with E-state index in [1.807, 2.05) is 0 Å². The number of methoxy groups -OCH3 is 1. The largest absolute Gasteiger partial charge is 0.496 e. The first kappa shape index (κ1) is 19.2. The first-order valence-electron chi connectivity index (χ1n) is 7.98. The van der Waals surface area contributed by atoms with Crippen molar-refractivity contribution in [2.24, 2.45) is 0 Å². The van der Waals surface area contributed by atoms with E-state index in [-0.39, 0.29) is 24.8 Å². The lowest BCUT2D eigenvalue weighted by Crippen LogP contribution is -2.15. The van der Waals surface area contributed by atoms with Gasteiger partial charge in [-0.05, 0) is 56.3 Å². The molecule has 0 fully saturated rings. The summed E-state index contributed by atoms with van der Waals surface area (Å²) in [5.41, 5.74) is 1.68. The summed E-state index contributed by atoms with van der Waals surface area (Å²) in [4.78, 5) is 34.6. The zero-order valence-electron chi connectivity index (χ0n) is 14.9. The third-order valence-corrected chi connectivity index (χ3v) is 3.69. The highest BCUT2D eigenvalue weighted by Crippen LogP contribution is 2.21. The molecule has 0 radical (unpaired) electrons. The molecule has 0 N–H and O–H groups in total. The van der Waals surface area contributed by atoms with E-state index in [1.54, 1.807) is 42.5 Å². The molecule has 26 heavy (non-hydrogen) atoms. The van der Waals surface area contributed by atoms with Crippen molar-refractivity contribution in [3.8, 4) is 11.5 Å². The van der Waals surface area contributed by atoms with Crippen LogP contribution in [0.15, 0.2) is 42.5 Å². The highest BCUT2D eigenvalue weighted by Gasteiger charge is 2.11. The second-order valence-corrected chi connectivity index (χ2v) is 5.61. The summed E-state index contributed by atoms with van der Waals surface area (Å²) in [6.45, 7) is 2.63. The molecule has 0 bridgehead atoms. The highest BCUT2D eigenvalue weighted by molar-refractivity contribution is 5.94. The molecule has 0 aliphatic carbocycles. The molecular weight excluding hydrogens is 336 g/mol. The van der Waals surface area contributed by atoms with Gasteiger partial charge in [0.25, 0.3) is 0 Å². The first-order chi connectivity index (χ1) is 12.4. The average molecular weight is 356 g/mol. The van der Waals surface area contributed by atoms with Crippen LogP contribution in [0.25, 0.3) is 0 Å². The van der Waals surface area contributed by atoms with Crippen LogP contribution in [0.4, 0.5) is 0 Å². The molecule has 0 saturated heterocycles. The third kappa shape index (κ3) is 5.17. The van der Waals surface area contributed by atoms with E-state index < -0.39 is 5.97 Å². The minimum atomic E-state index is -0.559. The van der Waals surface area contributed by atoms with Crippen molar-refractivity contribution in [1.82, 2.24) is 0 Å². The fourth-order valence-corrected chi connectivity index (χ4v) is 2.24. The van der Waals surface area contributed by atoms with Crippen LogP contribution >= 0.6 is 0 Å². The van der Waals surface area contributed by atoms with Crippen LogP contribution in [-0.4, -0.2) is 31.3 Å². The van der Waals surface area contributed by atoms with Gasteiger partial charge in [-0.2, -0.15) is 0 Å². The number of Topliss-reactive ketones (excluding diaryl/α,β-unsaturated/α-hetero) is 2. The van der Waals surface area contributed by atoms with Crippen LogP contribution in [0.5, 0.6) is 11.5 Å². The van der Waals surface area contributed by atoms with Crippen molar-refractivity contribution in [2.75, 3.05) is 13.7 Å². The molecule has 0 saturated carbocycles. The van der Waals surface area contributed by atoms with E-state index in [1.165, 1.54) is 21.0 Å². The number of rotatable bonds is 8. The van der Waals surface area contributed by atoms with Crippen LogP contribution in [0.1, 0.15) is 40.1 Å². The molecule has 0 atom stereocenters. The molecule has 0 spiro atoms. The summed E-state index contributed by atoms with van der Waals surface area (Å²) in [5.74, 6) is 0.304. The Labute approximate surface area is 151 Å². The fraction of sp³-hybridized carbons (Fsp3) is 0.250. The molecule has 136 valence electrons. The van der Waals surface area contributed by atoms with Crippen LogP contribution in [0.3, 0.4) is 0 Å². The van der Waals surface area contributed by atoms with Gasteiger partial charge in [0.1, 0.15) is 18.1 Å². The van der Waals surface area contributed by atoms with Crippen molar-refractivity contribution in [1.29, 1.82) is 0 Å². The van der Waals surface area contributed by atoms with Crippen molar-refractivity contribution in [3.05, 3.63) is 59.2 Å². The summed E-state index contributed by atoms with van der Waals surface area (Å²) >= 11 is 0. The SMILES string of the molecule is COc1ccc(C(C)=O)cc1COC(=O)COc1ccc(C(C)=O)cc1. The smallest absolute Gasteiger partial charge is 0.344 e. The number of carbonyl (C=O) groups excluding carboxylic acids is 3. The molecule has 0 aromatic heterocycles. The number of hydrogen-bond acceptors (Lipinski definition) is 6. The monoisotopic (exact) mass is 356 g/mol. The Balaban J connectivity index is 1.91. The standard InChI is InChI=1S/C20H20O6/c1-13(21)15-4-7-18(8-5-15)25-12-20(23)26-11-17-10-16(14(2)22)6-9-19(17)24-3/h4-10H,11-12H2,1-3H3. The lowest BCUT2D eigenvalue weighted by molar-refractivity contribution is -0.147. The van der Waals surface area contributed by atoms with E-state index >= 15 is 0 Å². The topological polar surface area (TPSA) is 78.9 Å². The van der Waals surface area contributed by atoms with E-state index in [0.29, 0.717) is 28.2 Å². The number of carbonyl (C=O) groups is 3. The molecule has 0 heterocycles. The summed E-state index contributed by atoms with van der Waals surface area (Å²) in [5, 5.41) is 0. The summed E-state index contributed by atoms with van der Waals surface area (Å²) in [7, 11) is 1.50. The Hall–Kier alpha value is -3.15. The fourth-order valence-electron chi connectivity index (χ4n) is 2.24. The van der Waals surface area contributed by atoms with Crippen molar-refractivity contribution in [3.63, 3.8) is 0 Å². The summed E-state index contributed by atoms with van der Waals surface area (Å²) in [6.07, 6.45) is 0. The van der Waals surface area contributed by atoms with Gasteiger partial charge in [0.15, 0.2) is 18.2 Å².